The summed E-state index contributed by atoms with van der Waals surface area (Å²) in [4.78, 5) is 16.2. The second-order valence-electron chi connectivity index (χ2n) is 5.86. The van der Waals surface area contributed by atoms with Crippen molar-refractivity contribution in [2.75, 3.05) is 11.9 Å². The van der Waals surface area contributed by atoms with Crippen LogP contribution in [0.4, 0.5) is 10.5 Å². The minimum absolute atomic E-state index is 0.266. The van der Waals surface area contributed by atoms with Gasteiger partial charge in [-0.15, -0.1) is 0 Å². The van der Waals surface area contributed by atoms with E-state index in [4.69, 9.17) is 0 Å². The third-order valence-electron chi connectivity index (χ3n) is 3.64. The van der Waals surface area contributed by atoms with Crippen LogP contribution in [0.15, 0.2) is 30.3 Å². The Hall–Kier alpha value is -3.16. The largest absolute Gasteiger partial charge is 0.337 e. The predicted octanol–water partition coefficient (Wildman–Crippen LogP) is 2.28. The zero-order valence-corrected chi connectivity index (χ0v) is 14.5. The highest BCUT2D eigenvalue weighted by Crippen LogP contribution is 2.16. The number of carbonyl (C=O) groups excluding carboxylic acids is 1. The first kappa shape index (κ1) is 16.7. The summed E-state index contributed by atoms with van der Waals surface area (Å²) in [6, 6.07) is 9.31. The zero-order chi connectivity index (χ0) is 17.8. The van der Waals surface area contributed by atoms with Crippen LogP contribution in [0, 0.1) is 20.8 Å². The number of hydrogen-bond donors (Lipinski definition) is 3. The van der Waals surface area contributed by atoms with Gasteiger partial charge in [-0.3, -0.25) is 5.10 Å². The van der Waals surface area contributed by atoms with Crippen molar-refractivity contribution in [3.05, 3.63) is 53.4 Å². The van der Waals surface area contributed by atoms with E-state index in [1.165, 1.54) is 0 Å². The first-order valence-electron chi connectivity index (χ1n) is 8.08. The van der Waals surface area contributed by atoms with Gasteiger partial charge in [-0.05, 0) is 45.0 Å². The first-order chi connectivity index (χ1) is 12.0. The van der Waals surface area contributed by atoms with Crippen molar-refractivity contribution in [2.45, 2.75) is 27.2 Å². The molecule has 2 amide bonds. The summed E-state index contributed by atoms with van der Waals surface area (Å²) >= 11 is 0. The molecule has 130 valence electrons. The van der Waals surface area contributed by atoms with E-state index in [0.717, 1.165) is 22.9 Å². The maximum absolute atomic E-state index is 12.0. The van der Waals surface area contributed by atoms with Gasteiger partial charge in [0.05, 0.1) is 11.4 Å². The van der Waals surface area contributed by atoms with E-state index < -0.39 is 0 Å². The molecule has 0 atom stereocenters. The average Bonchev–Trinajstić information content (AvgIpc) is 3.12. The molecule has 0 aliphatic heterocycles. The standard InChI is InChI=1S/C17H21N7O/c1-11-9-12(2)24(23-11)15-6-4-5-14(10-15)20-17(25)18-8-7-16-19-13(3)21-22-16/h4-6,9-10H,7-8H2,1-3H3,(H2,18,20,25)(H,19,21,22). The Morgan fingerprint density at radius 3 is 2.76 bits per heavy atom. The molecule has 0 spiro atoms. The van der Waals surface area contributed by atoms with Crippen molar-refractivity contribution in [1.29, 1.82) is 0 Å². The summed E-state index contributed by atoms with van der Waals surface area (Å²) in [6.45, 7) is 6.25. The third kappa shape index (κ3) is 4.23. The number of carbonyl (C=O) groups is 1. The molecule has 8 nitrogen and oxygen atoms in total. The maximum atomic E-state index is 12.0. The number of aromatic nitrogens is 5. The highest BCUT2D eigenvalue weighted by atomic mass is 16.2. The minimum atomic E-state index is -0.266. The Balaban J connectivity index is 1.58. The topological polar surface area (TPSA) is 101 Å². The van der Waals surface area contributed by atoms with Crippen LogP contribution in [-0.2, 0) is 6.42 Å². The number of aryl methyl sites for hydroxylation is 3. The molecule has 3 N–H and O–H groups in total. The SMILES string of the molecule is Cc1cc(C)n(-c2cccc(NC(=O)NCCc3n[nH]c(C)n3)c2)n1. The Labute approximate surface area is 145 Å². The van der Waals surface area contributed by atoms with Gasteiger partial charge in [0.25, 0.3) is 0 Å². The van der Waals surface area contributed by atoms with Gasteiger partial charge in [-0.2, -0.15) is 10.2 Å². The summed E-state index contributed by atoms with van der Waals surface area (Å²) in [5, 5.41) is 16.9. The highest BCUT2D eigenvalue weighted by Gasteiger charge is 2.07. The molecule has 0 bridgehead atoms. The molecule has 0 radical (unpaired) electrons. The van der Waals surface area contributed by atoms with Crippen LogP contribution >= 0.6 is 0 Å². The van der Waals surface area contributed by atoms with Gasteiger partial charge in [0.1, 0.15) is 5.82 Å². The predicted molar refractivity (Wildman–Crippen MR) is 94.9 cm³/mol. The molecule has 0 fully saturated rings. The van der Waals surface area contributed by atoms with Crippen molar-refractivity contribution in [1.82, 2.24) is 30.3 Å². The fraction of sp³-hybridized carbons (Fsp3) is 0.294. The smallest absolute Gasteiger partial charge is 0.319 e. The van der Waals surface area contributed by atoms with Crippen molar-refractivity contribution in [2.24, 2.45) is 0 Å². The summed E-state index contributed by atoms with van der Waals surface area (Å²) in [6.07, 6.45) is 0.573. The van der Waals surface area contributed by atoms with Crippen molar-refractivity contribution >= 4 is 11.7 Å². The van der Waals surface area contributed by atoms with Crippen LogP contribution < -0.4 is 10.6 Å². The van der Waals surface area contributed by atoms with Crippen LogP contribution in [0.1, 0.15) is 23.0 Å². The molecular formula is C17H21N7O. The summed E-state index contributed by atoms with van der Waals surface area (Å²) < 4.78 is 1.85. The molecule has 3 aromatic rings. The molecule has 0 aliphatic carbocycles. The number of nitrogens with one attached hydrogen (secondary N) is 3. The first-order valence-corrected chi connectivity index (χ1v) is 8.08. The Bertz CT molecular complexity index is 881. The second-order valence-corrected chi connectivity index (χ2v) is 5.86. The minimum Gasteiger partial charge on any atom is -0.337 e. The van der Waals surface area contributed by atoms with Crippen LogP contribution in [-0.4, -0.2) is 37.5 Å². The van der Waals surface area contributed by atoms with Gasteiger partial charge in [-0.25, -0.2) is 14.5 Å². The number of anilines is 1. The molecule has 8 heteroatoms. The molecule has 0 saturated heterocycles. The van der Waals surface area contributed by atoms with E-state index in [1.54, 1.807) is 0 Å². The fourth-order valence-electron chi connectivity index (χ4n) is 2.57. The molecule has 25 heavy (non-hydrogen) atoms. The summed E-state index contributed by atoms with van der Waals surface area (Å²) in [5.41, 5.74) is 3.60. The van der Waals surface area contributed by atoms with Gasteiger partial charge < -0.3 is 10.6 Å². The summed E-state index contributed by atoms with van der Waals surface area (Å²) in [7, 11) is 0. The molecule has 2 aromatic heterocycles. The monoisotopic (exact) mass is 339 g/mol. The maximum Gasteiger partial charge on any atom is 0.319 e. The number of amides is 2. The number of nitrogens with zero attached hydrogens (tertiary/aromatic N) is 4. The molecular weight excluding hydrogens is 318 g/mol. The van der Waals surface area contributed by atoms with Crippen LogP contribution in [0.3, 0.4) is 0 Å². The molecule has 2 heterocycles. The van der Waals surface area contributed by atoms with Gasteiger partial charge in [-0.1, -0.05) is 6.07 Å². The number of rotatable bonds is 5. The van der Waals surface area contributed by atoms with Crippen molar-refractivity contribution < 1.29 is 4.79 Å². The van der Waals surface area contributed by atoms with E-state index in [9.17, 15) is 4.79 Å². The molecule has 0 saturated carbocycles. The average molecular weight is 339 g/mol. The number of aromatic amines is 1. The van der Waals surface area contributed by atoms with Crippen molar-refractivity contribution in [3.8, 4) is 5.69 Å². The highest BCUT2D eigenvalue weighted by molar-refractivity contribution is 5.89. The van der Waals surface area contributed by atoms with Crippen LogP contribution in [0.25, 0.3) is 5.69 Å². The lowest BCUT2D eigenvalue weighted by molar-refractivity contribution is 0.252. The van der Waals surface area contributed by atoms with Gasteiger partial charge in [0.15, 0.2) is 5.82 Å². The number of benzene rings is 1. The Morgan fingerprint density at radius 1 is 1.24 bits per heavy atom. The molecule has 3 rings (SSSR count). The lowest BCUT2D eigenvalue weighted by atomic mass is 10.2. The Kier molecular flexibility index (Phi) is 4.78. The number of hydrogen-bond acceptors (Lipinski definition) is 4. The van der Waals surface area contributed by atoms with E-state index in [-0.39, 0.29) is 6.03 Å². The quantitative estimate of drug-likeness (QED) is 0.664. The fourth-order valence-corrected chi connectivity index (χ4v) is 2.57. The third-order valence-corrected chi connectivity index (χ3v) is 3.64. The van der Waals surface area contributed by atoms with Gasteiger partial charge >= 0.3 is 6.03 Å². The van der Waals surface area contributed by atoms with Crippen LogP contribution in [0.5, 0.6) is 0 Å². The lowest BCUT2D eigenvalue weighted by Gasteiger charge is -2.09. The zero-order valence-electron chi connectivity index (χ0n) is 14.5. The Morgan fingerprint density at radius 2 is 2.08 bits per heavy atom. The summed E-state index contributed by atoms with van der Waals surface area (Å²) in [5.74, 6) is 1.45. The van der Waals surface area contributed by atoms with Gasteiger partial charge in [0, 0.05) is 24.3 Å². The molecule has 1 aromatic carbocycles. The van der Waals surface area contributed by atoms with Crippen molar-refractivity contribution in [3.63, 3.8) is 0 Å². The second kappa shape index (κ2) is 7.16. The van der Waals surface area contributed by atoms with E-state index in [0.29, 0.717) is 24.5 Å². The molecule has 0 unspecified atom stereocenters. The van der Waals surface area contributed by atoms with Crippen LogP contribution in [0.2, 0.25) is 0 Å². The number of H-pyrrole nitrogens is 1. The molecule has 0 aliphatic rings. The van der Waals surface area contributed by atoms with E-state index >= 15 is 0 Å². The normalized spacial score (nSPS) is 10.7. The van der Waals surface area contributed by atoms with E-state index in [2.05, 4.69) is 30.9 Å². The lowest BCUT2D eigenvalue weighted by Crippen LogP contribution is -2.30. The number of urea groups is 1. The van der Waals surface area contributed by atoms with E-state index in [1.807, 2.05) is 55.8 Å². The van der Waals surface area contributed by atoms with Gasteiger partial charge in [0.2, 0.25) is 0 Å².